The predicted molar refractivity (Wildman–Crippen MR) is 33.7 cm³/mol. The molecule has 0 aromatic heterocycles. The highest BCUT2D eigenvalue weighted by Crippen LogP contribution is 1.95. The van der Waals surface area contributed by atoms with Crippen molar-refractivity contribution in [3.8, 4) is 0 Å². The summed E-state index contributed by atoms with van der Waals surface area (Å²) in [6, 6.07) is 0. The van der Waals surface area contributed by atoms with Crippen LogP contribution in [-0.4, -0.2) is 25.2 Å². The number of rotatable bonds is 3. The van der Waals surface area contributed by atoms with E-state index in [1.54, 1.807) is 0 Å². The van der Waals surface area contributed by atoms with Gasteiger partial charge in [-0.15, -0.1) is 0 Å². The normalized spacial score (nSPS) is 16.8. The zero-order valence-corrected chi connectivity index (χ0v) is 5.68. The molecule has 0 rings (SSSR count). The molecule has 0 unspecified atom stereocenters. The van der Waals surface area contributed by atoms with Crippen molar-refractivity contribution in [3.63, 3.8) is 0 Å². The van der Waals surface area contributed by atoms with Gasteiger partial charge in [0.25, 0.3) is 0 Å². The number of amides is 1. The number of nitrogens with two attached hydrogens (primary N) is 2. The van der Waals surface area contributed by atoms with Crippen LogP contribution in [-0.2, 0) is 9.53 Å². The first-order chi connectivity index (χ1) is 4.00. The summed E-state index contributed by atoms with van der Waals surface area (Å²) in [5, 5.41) is 0. The number of hydrogen-bond donors (Lipinski definition) is 2. The van der Waals surface area contributed by atoms with E-state index in [2.05, 4.69) is 4.74 Å². The summed E-state index contributed by atoms with van der Waals surface area (Å²) in [7, 11) is 1.47. The lowest BCUT2D eigenvalue weighted by molar-refractivity contribution is -0.124. The zero-order valence-electron chi connectivity index (χ0n) is 5.68. The fraction of sp³-hybridized carbons (Fsp3) is 0.800. The van der Waals surface area contributed by atoms with Gasteiger partial charge in [0.15, 0.2) is 0 Å². The van der Waals surface area contributed by atoms with Crippen LogP contribution in [0.2, 0.25) is 0 Å². The van der Waals surface area contributed by atoms with E-state index < -0.39 is 11.4 Å². The smallest absolute Gasteiger partial charge is 0.239 e. The highest BCUT2D eigenvalue weighted by molar-refractivity contribution is 5.83. The topological polar surface area (TPSA) is 78.3 Å². The molecular formula is C5H12N2O2. The third kappa shape index (κ3) is 2.43. The van der Waals surface area contributed by atoms with Crippen LogP contribution in [0.15, 0.2) is 0 Å². The number of primary amides is 1. The van der Waals surface area contributed by atoms with E-state index in [1.807, 2.05) is 0 Å². The van der Waals surface area contributed by atoms with Crippen molar-refractivity contribution in [2.75, 3.05) is 13.7 Å². The van der Waals surface area contributed by atoms with Crippen LogP contribution < -0.4 is 11.5 Å². The van der Waals surface area contributed by atoms with Crippen LogP contribution in [0.3, 0.4) is 0 Å². The summed E-state index contributed by atoms with van der Waals surface area (Å²) < 4.78 is 4.64. The molecule has 0 aliphatic rings. The van der Waals surface area contributed by atoms with Crippen molar-refractivity contribution >= 4 is 5.91 Å². The number of ether oxygens (including phenoxy) is 1. The molecule has 4 N–H and O–H groups in total. The van der Waals surface area contributed by atoms with Gasteiger partial charge in [0.1, 0.15) is 5.54 Å². The maximum absolute atomic E-state index is 10.4. The van der Waals surface area contributed by atoms with Crippen molar-refractivity contribution in [1.82, 2.24) is 0 Å². The van der Waals surface area contributed by atoms with Crippen LogP contribution in [0.25, 0.3) is 0 Å². The molecule has 0 saturated carbocycles. The minimum Gasteiger partial charge on any atom is -0.382 e. The van der Waals surface area contributed by atoms with Gasteiger partial charge in [-0.05, 0) is 6.92 Å². The molecule has 1 atom stereocenters. The van der Waals surface area contributed by atoms with Crippen molar-refractivity contribution in [1.29, 1.82) is 0 Å². The molecule has 0 radical (unpaired) electrons. The second-order valence-corrected chi connectivity index (χ2v) is 2.21. The van der Waals surface area contributed by atoms with E-state index >= 15 is 0 Å². The van der Waals surface area contributed by atoms with Gasteiger partial charge in [0.2, 0.25) is 5.91 Å². The van der Waals surface area contributed by atoms with E-state index in [0.29, 0.717) is 0 Å². The Balaban J connectivity index is 3.85. The van der Waals surface area contributed by atoms with Gasteiger partial charge in [-0.3, -0.25) is 4.79 Å². The third-order valence-electron chi connectivity index (χ3n) is 1.01. The zero-order chi connectivity index (χ0) is 7.49. The maximum atomic E-state index is 10.4. The molecule has 9 heavy (non-hydrogen) atoms. The Labute approximate surface area is 54.2 Å². The molecule has 54 valence electrons. The third-order valence-corrected chi connectivity index (χ3v) is 1.01. The maximum Gasteiger partial charge on any atom is 0.239 e. The Bertz CT molecular complexity index is 112. The van der Waals surface area contributed by atoms with Crippen LogP contribution in [0.5, 0.6) is 0 Å². The molecule has 0 fully saturated rings. The highest BCUT2D eigenvalue weighted by atomic mass is 16.5. The van der Waals surface area contributed by atoms with Crippen LogP contribution in [0, 0.1) is 0 Å². The molecule has 0 aromatic carbocycles. The van der Waals surface area contributed by atoms with Gasteiger partial charge in [0, 0.05) is 7.11 Å². The first kappa shape index (κ1) is 8.39. The lowest BCUT2D eigenvalue weighted by atomic mass is 10.1. The summed E-state index contributed by atoms with van der Waals surface area (Å²) in [4.78, 5) is 10.4. The summed E-state index contributed by atoms with van der Waals surface area (Å²) in [5.74, 6) is -0.552. The average Bonchev–Trinajstić information content (AvgIpc) is 1.65. The monoisotopic (exact) mass is 132 g/mol. The Morgan fingerprint density at radius 2 is 2.22 bits per heavy atom. The minimum absolute atomic E-state index is 0.155. The molecule has 0 aliphatic carbocycles. The number of hydrogen-bond acceptors (Lipinski definition) is 3. The molecule has 1 amide bonds. The van der Waals surface area contributed by atoms with E-state index in [-0.39, 0.29) is 6.61 Å². The molecule has 4 nitrogen and oxygen atoms in total. The van der Waals surface area contributed by atoms with Crippen LogP contribution in [0.4, 0.5) is 0 Å². The number of carbonyl (C=O) groups excluding carboxylic acids is 1. The summed E-state index contributed by atoms with van der Waals surface area (Å²) >= 11 is 0. The largest absolute Gasteiger partial charge is 0.382 e. The van der Waals surface area contributed by atoms with E-state index in [9.17, 15) is 4.79 Å². The van der Waals surface area contributed by atoms with Gasteiger partial charge < -0.3 is 16.2 Å². The highest BCUT2D eigenvalue weighted by Gasteiger charge is 2.24. The fourth-order valence-corrected chi connectivity index (χ4v) is 0.371. The standard InChI is InChI=1S/C5H12N2O2/c1-5(7,3-9-2)4(6)8/h3,7H2,1-2H3,(H2,6,8)/t5-/m0/s1. The quantitative estimate of drug-likeness (QED) is 0.508. The van der Waals surface area contributed by atoms with Gasteiger partial charge in [-0.1, -0.05) is 0 Å². The molecule has 0 saturated heterocycles. The Morgan fingerprint density at radius 3 is 2.33 bits per heavy atom. The van der Waals surface area contributed by atoms with Gasteiger partial charge in [-0.25, -0.2) is 0 Å². The van der Waals surface area contributed by atoms with E-state index in [0.717, 1.165) is 0 Å². The van der Waals surface area contributed by atoms with Gasteiger partial charge in [-0.2, -0.15) is 0 Å². The molecular weight excluding hydrogens is 120 g/mol. The van der Waals surface area contributed by atoms with Crippen LogP contribution >= 0.6 is 0 Å². The number of methoxy groups -OCH3 is 1. The summed E-state index contributed by atoms with van der Waals surface area (Å²) in [6.45, 7) is 1.68. The molecule has 0 spiro atoms. The van der Waals surface area contributed by atoms with Crippen molar-refractivity contribution in [2.24, 2.45) is 11.5 Å². The second kappa shape index (κ2) is 2.80. The molecule has 0 heterocycles. The van der Waals surface area contributed by atoms with Crippen LogP contribution in [0.1, 0.15) is 6.92 Å². The van der Waals surface area contributed by atoms with E-state index in [1.165, 1.54) is 14.0 Å². The van der Waals surface area contributed by atoms with Crippen molar-refractivity contribution in [3.05, 3.63) is 0 Å². The Kier molecular flexibility index (Phi) is 2.61. The van der Waals surface area contributed by atoms with Gasteiger partial charge in [0.05, 0.1) is 6.61 Å². The fourth-order valence-electron chi connectivity index (χ4n) is 0.371. The van der Waals surface area contributed by atoms with E-state index in [4.69, 9.17) is 11.5 Å². The molecule has 4 heteroatoms. The number of carbonyl (C=O) groups is 1. The second-order valence-electron chi connectivity index (χ2n) is 2.21. The first-order valence-electron chi connectivity index (χ1n) is 2.58. The predicted octanol–water partition coefficient (Wildman–Crippen LogP) is -1.16. The average molecular weight is 132 g/mol. The minimum atomic E-state index is -1.03. The Hall–Kier alpha value is -0.610. The summed E-state index contributed by atoms with van der Waals surface area (Å²) in [5.41, 5.74) is 9.25. The lowest BCUT2D eigenvalue weighted by Gasteiger charge is -2.18. The molecule has 0 aliphatic heterocycles. The first-order valence-corrected chi connectivity index (χ1v) is 2.58. The SMILES string of the molecule is COC[C@](C)(N)C(N)=O. The van der Waals surface area contributed by atoms with Crippen molar-refractivity contribution < 1.29 is 9.53 Å². The molecule has 0 bridgehead atoms. The lowest BCUT2D eigenvalue weighted by Crippen LogP contribution is -2.52. The van der Waals surface area contributed by atoms with Gasteiger partial charge >= 0.3 is 0 Å². The molecule has 0 aromatic rings. The Morgan fingerprint density at radius 1 is 1.78 bits per heavy atom. The summed E-state index contributed by atoms with van der Waals surface area (Å²) in [6.07, 6.45) is 0. The van der Waals surface area contributed by atoms with Crippen molar-refractivity contribution in [2.45, 2.75) is 12.5 Å².